The van der Waals surface area contributed by atoms with Crippen molar-refractivity contribution in [2.24, 2.45) is 4.99 Å². The molecule has 1 spiro atoms. The first-order valence-electron chi connectivity index (χ1n) is 12.3. The summed E-state index contributed by atoms with van der Waals surface area (Å²) in [4.78, 5) is 53.8. The molecule has 14 heteroatoms. The van der Waals surface area contributed by atoms with Crippen LogP contribution in [0, 0.1) is 0 Å². The number of alkyl halides is 1. The van der Waals surface area contributed by atoms with Crippen LogP contribution in [0.2, 0.25) is 0 Å². The molecule has 13 nitrogen and oxygen atoms in total. The Bertz CT molecular complexity index is 1290. The molecule has 38 heavy (non-hydrogen) atoms. The summed E-state index contributed by atoms with van der Waals surface area (Å²) in [6.45, 7) is 2.94. The molecular weight excluding hydrogens is 603 g/mol. The van der Waals surface area contributed by atoms with Crippen molar-refractivity contribution in [3.63, 3.8) is 0 Å². The van der Waals surface area contributed by atoms with Gasteiger partial charge in [-0.05, 0) is 30.5 Å². The zero-order chi connectivity index (χ0) is 26.9. The fourth-order valence-corrected chi connectivity index (χ4v) is 5.39. The summed E-state index contributed by atoms with van der Waals surface area (Å²) in [5.74, 6) is 0.0782. The number of benzene rings is 1. The van der Waals surface area contributed by atoms with Crippen LogP contribution in [-0.2, 0) is 15.6 Å². The number of nitrogens with two attached hydrogens (primary N) is 2. The third kappa shape index (κ3) is 5.30. The monoisotopic (exact) mass is 632 g/mol. The minimum atomic E-state index is -0.506. The van der Waals surface area contributed by atoms with Crippen molar-refractivity contribution >= 4 is 63.7 Å². The van der Waals surface area contributed by atoms with Crippen LogP contribution in [-0.4, -0.2) is 76.9 Å². The molecule has 0 aliphatic carbocycles. The number of nitrogen functional groups attached to an aromatic ring is 2. The normalized spacial score (nSPS) is 18.2. The van der Waals surface area contributed by atoms with Crippen LogP contribution >= 0.6 is 22.6 Å². The van der Waals surface area contributed by atoms with Crippen molar-refractivity contribution in [1.29, 1.82) is 0 Å². The van der Waals surface area contributed by atoms with Crippen LogP contribution in [0.5, 0.6) is 0 Å². The Morgan fingerprint density at radius 3 is 2.47 bits per heavy atom. The van der Waals surface area contributed by atoms with E-state index in [-0.39, 0.29) is 34.8 Å². The Labute approximate surface area is 233 Å². The molecule has 0 radical (unpaired) electrons. The van der Waals surface area contributed by atoms with Crippen LogP contribution < -0.4 is 32.3 Å². The van der Waals surface area contributed by atoms with E-state index >= 15 is 0 Å². The van der Waals surface area contributed by atoms with E-state index in [2.05, 4.69) is 53.5 Å². The van der Waals surface area contributed by atoms with Gasteiger partial charge in [-0.3, -0.25) is 24.8 Å². The second-order valence-corrected chi connectivity index (χ2v) is 10.3. The number of piperidine rings is 1. The van der Waals surface area contributed by atoms with Gasteiger partial charge in [0.1, 0.15) is 5.82 Å². The van der Waals surface area contributed by atoms with Crippen molar-refractivity contribution in [1.82, 2.24) is 30.8 Å². The SMILES string of the molecule is Nc1nc(N)c(C(=O)NC2=NCC3(CCN(C(=O)Cc4ccc(N5CCNC5=O)cc4)CC3)N2)nc1CI. The van der Waals surface area contributed by atoms with Crippen LogP contribution in [0.4, 0.5) is 22.1 Å². The zero-order valence-corrected chi connectivity index (χ0v) is 22.8. The molecular formula is C24H29IN10O3. The largest absolute Gasteiger partial charge is 0.382 e. The highest BCUT2D eigenvalue weighted by Crippen LogP contribution is 2.27. The topological polar surface area (TPSA) is 184 Å². The quantitative estimate of drug-likeness (QED) is 0.232. The van der Waals surface area contributed by atoms with Gasteiger partial charge < -0.3 is 27.0 Å². The molecule has 1 aromatic carbocycles. The van der Waals surface area contributed by atoms with E-state index in [1.807, 2.05) is 29.2 Å². The van der Waals surface area contributed by atoms with Gasteiger partial charge in [0.2, 0.25) is 5.91 Å². The molecule has 4 heterocycles. The number of nitrogens with one attached hydrogen (secondary N) is 3. The Kier molecular flexibility index (Phi) is 7.23. The smallest absolute Gasteiger partial charge is 0.321 e. The number of hydrogen-bond acceptors (Lipinski definition) is 9. The maximum atomic E-state index is 13.0. The lowest BCUT2D eigenvalue weighted by molar-refractivity contribution is -0.132. The van der Waals surface area contributed by atoms with Gasteiger partial charge in [-0.25, -0.2) is 14.8 Å². The number of carbonyl (C=O) groups is 3. The van der Waals surface area contributed by atoms with Gasteiger partial charge in [-0.1, -0.05) is 34.7 Å². The summed E-state index contributed by atoms with van der Waals surface area (Å²) in [6.07, 6.45) is 1.70. The molecule has 4 amide bonds. The first-order valence-corrected chi connectivity index (χ1v) is 13.8. The number of likely N-dealkylation sites (tertiary alicyclic amines) is 1. The molecule has 0 atom stereocenters. The zero-order valence-electron chi connectivity index (χ0n) is 20.7. The maximum absolute atomic E-state index is 13.0. The lowest BCUT2D eigenvalue weighted by Gasteiger charge is -2.39. The van der Waals surface area contributed by atoms with Crippen LogP contribution in [0.25, 0.3) is 0 Å². The number of aliphatic imine (C=N–C) groups is 1. The van der Waals surface area contributed by atoms with Crippen LogP contribution in [0.15, 0.2) is 29.3 Å². The molecule has 2 saturated heterocycles. The second kappa shape index (κ2) is 10.6. The van der Waals surface area contributed by atoms with Gasteiger partial charge in [0.25, 0.3) is 5.91 Å². The number of halogens is 1. The molecule has 2 aromatic rings. The van der Waals surface area contributed by atoms with E-state index in [0.29, 0.717) is 68.1 Å². The standard InChI is InChI=1S/C24H29IN10O3/c25-12-16-19(26)31-20(27)18(30-16)21(37)32-22-29-13-24(33-22)5-8-34(9-6-24)17(36)11-14-1-3-15(4-2-14)35-10-7-28-23(35)38/h1-4H,5-13H2,(H,28,38)(H4,26,27,31)(H2,29,32,33,37). The summed E-state index contributed by atoms with van der Waals surface area (Å²) >= 11 is 2.09. The van der Waals surface area contributed by atoms with Gasteiger partial charge in [0.05, 0.1) is 24.2 Å². The molecule has 3 aliphatic rings. The number of hydrogen-bond donors (Lipinski definition) is 5. The van der Waals surface area contributed by atoms with Crippen molar-refractivity contribution in [3.05, 3.63) is 41.2 Å². The molecule has 5 rings (SSSR count). The minimum Gasteiger partial charge on any atom is -0.382 e. The van der Waals surface area contributed by atoms with Crippen LogP contribution in [0.3, 0.4) is 0 Å². The van der Waals surface area contributed by atoms with Gasteiger partial charge in [0.15, 0.2) is 17.5 Å². The fourth-order valence-electron chi connectivity index (χ4n) is 4.83. The molecule has 0 unspecified atom stereocenters. The van der Waals surface area contributed by atoms with E-state index in [4.69, 9.17) is 11.5 Å². The van der Waals surface area contributed by atoms with Gasteiger partial charge in [-0.15, -0.1) is 0 Å². The summed E-state index contributed by atoms with van der Waals surface area (Å²) in [5.41, 5.74) is 13.6. The third-order valence-corrected chi connectivity index (χ3v) is 7.78. The average molecular weight is 632 g/mol. The Balaban J connectivity index is 1.12. The van der Waals surface area contributed by atoms with Gasteiger partial charge in [-0.2, -0.15) is 0 Å². The number of nitrogens with zero attached hydrogens (tertiary/aromatic N) is 5. The molecule has 7 N–H and O–H groups in total. The van der Waals surface area contributed by atoms with E-state index < -0.39 is 5.91 Å². The van der Waals surface area contributed by atoms with Crippen molar-refractivity contribution < 1.29 is 14.4 Å². The maximum Gasteiger partial charge on any atom is 0.321 e. The van der Waals surface area contributed by atoms with E-state index in [0.717, 1.165) is 11.3 Å². The molecule has 0 saturated carbocycles. The minimum absolute atomic E-state index is 0.00783. The number of aromatic nitrogens is 2. The number of amides is 4. The van der Waals surface area contributed by atoms with Crippen molar-refractivity contribution in [3.8, 4) is 0 Å². The first-order chi connectivity index (χ1) is 18.3. The average Bonchev–Trinajstić information content (AvgIpc) is 3.50. The number of rotatable bonds is 5. The van der Waals surface area contributed by atoms with Crippen molar-refractivity contribution in [2.75, 3.05) is 49.1 Å². The highest BCUT2D eigenvalue weighted by molar-refractivity contribution is 14.1. The highest BCUT2D eigenvalue weighted by Gasteiger charge is 2.40. The lowest BCUT2D eigenvalue weighted by atomic mass is 9.88. The fraction of sp³-hybridized carbons (Fsp3) is 0.417. The van der Waals surface area contributed by atoms with Gasteiger partial charge >= 0.3 is 6.03 Å². The number of anilines is 3. The third-order valence-electron chi connectivity index (χ3n) is 7.06. The van der Waals surface area contributed by atoms with E-state index in [1.165, 1.54) is 0 Å². The van der Waals surface area contributed by atoms with Crippen molar-refractivity contribution in [2.45, 2.75) is 29.2 Å². The molecule has 0 bridgehead atoms. The summed E-state index contributed by atoms with van der Waals surface area (Å²) in [5, 5.41) is 8.86. The number of urea groups is 1. The molecule has 200 valence electrons. The Morgan fingerprint density at radius 1 is 1.08 bits per heavy atom. The number of guanidine groups is 1. The molecule has 3 aliphatic heterocycles. The predicted octanol–water partition coefficient (Wildman–Crippen LogP) is 0.399. The highest BCUT2D eigenvalue weighted by atomic mass is 127. The first kappa shape index (κ1) is 25.9. The predicted molar refractivity (Wildman–Crippen MR) is 151 cm³/mol. The second-order valence-electron chi connectivity index (χ2n) is 9.55. The van der Waals surface area contributed by atoms with E-state index in [9.17, 15) is 14.4 Å². The van der Waals surface area contributed by atoms with Gasteiger partial charge in [0, 0.05) is 36.3 Å². The Morgan fingerprint density at radius 2 is 1.82 bits per heavy atom. The molecule has 1 aromatic heterocycles. The summed E-state index contributed by atoms with van der Waals surface area (Å²) in [7, 11) is 0. The van der Waals surface area contributed by atoms with Crippen LogP contribution in [0.1, 0.15) is 34.6 Å². The Hall–Kier alpha value is -3.69. The lowest BCUT2D eigenvalue weighted by Crippen LogP contribution is -2.57. The van der Waals surface area contributed by atoms with E-state index in [1.54, 1.807) is 4.90 Å². The summed E-state index contributed by atoms with van der Waals surface area (Å²) < 4.78 is 0.497. The molecule has 2 fully saturated rings. The summed E-state index contributed by atoms with van der Waals surface area (Å²) in [6, 6.07) is 7.44. The number of carbonyl (C=O) groups excluding carboxylic acids is 3.